The topological polar surface area (TPSA) is 21.3 Å². The van der Waals surface area contributed by atoms with Gasteiger partial charge in [0, 0.05) is 21.1 Å². The molecule has 0 saturated carbocycles. The Kier molecular flexibility index (Phi) is 3.50. The van der Waals surface area contributed by atoms with Crippen LogP contribution in [0.25, 0.3) is 0 Å². The molecule has 1 aromatic carbocycles. The summed E-state index contributed by atoms with van der Waals surface area (Å²) in [4.78, 5) is 0. The summed E-state index contributed by atoms with van der Waals surface area (Å²) in [7, 11) is 1.76. The zero-order chi connectivity index (χ0) is 12.6. The van der Waals surface area contributed by atoms with Crippen LogP contribution >= 0.6 is 15.9 Å². The SMILES string of the molecule is COc1c(C2(C)CCCN2)cc(C)c(Br)c1C. The van der Waals surface area contributed by atoms with Crippen LogP contribution in [-0.4, -0.2) is 13.7 Å². The fourth-order valence-corrected chi connectivity index (χ4v) is 3.03. The molecule has 1 fully saturated rings. The van der Waals surface area contributed by atoms with Crippen LogP contribution in [0.2, 0.25) is 0 Å². The van der Waals surface area contributed by atoms with Crippen LogP contribution in [0, 0.1) is 13.8 Å². The average Bonchev–Trinajstić information content (AvgIpc) is 2.74. The third-order valence-corrected chi connectivity index (χ3v) is 5.01. The molecule has 1 unspecified atom stereocenters. The highest BCUT2D eigenvalue weighted by Crippen LogP contribution is 2.41. The maximum Gasteiger partial charge on any atom is 0.127 e. The summed E-state index contributed by atoms with van der Waals surface area (Å²) in [5, 5.41) is 3.60. The minimum Gasteiger partial charge on any atom is -0.496 e. The first-order chi connectivity index (χ1) is 7.99. The van der Waals surface area contributed by atoms with Crippen LogP contribution in [0.5, 0.6) is 5.75 Å². The Labute approximate surface area is 112 Å². The number of benzene rings is 1. The minimum absolute atomic E-state index is 0.0571. The predicted octanol–water partition coefficient (Wildman–Crippen LogP) is 3.67. The number of halogens is 1. The molecule has 0 amide bonds. The molecule has 2 rings (SSSR count). The Hall–Kier alpha value is -0.540. The highest BCUT2D eigenvalue weighted by atomic mass is 79.9. The second-order valence-corrected chi connectivity index (χ2v) is 5.87. The van der Waals surface area contributed by atoms with Crippen molar-refractivity contribution in [2.75, 3.05) is 13.7 Å². The van der Waals surface area contributed by atoms with E-state index >= 15 is 0 Å². The Bertz CT molecular complexity index is 436. The molecular formula is C14H20BrNO. The summed E-state index contributed by atoms with van der Waals surface area (Å²) in [5.74, 6) is 1.01. The van der Waals surface area contributed by atoms with Gasteiger partial charge in [0.2, 0.25) is 0 Å². The molecule has 1 aliphatic rings. The fourth-order valence-electron chi connectivity index (χ4n) is 2.74. The average molecular weight is 298 g/mol. The lowest BCUT2D eigenvalue weighted by Gasteiger charge is -2.29. The van der Waals surface area contributed by atoms with Crippen LogP contribution in [0.1, 0.15) is 36.5 Å². The lowest BCUT2D eigenvalue weighted by molar-refractivity contribution is 0.368. The lowest BCUT2D eigenvalue weighted by Crippen LogP contribution is -2.33. The van der Waals surface area contributed by atoms with Crippen molar-refractivity contribution >= 4 is 15.9 Å². The maximum atomic E-state index is 5.62. The highest BCUT2D eigenvalue weighted by molar-refractivity contribution is 9.10. The van der Waals surface area contributed by atoms with Crippen molar-refractivity contribution in [3.05, 3.63) is 27.2 Å². The van der Waals surface area contributed by atoms with Gasteiger partial charge in [0.25, 0.3) is 0 Å². The van der Waals surface area contributed by atoms with Crippen molar-refractivity contribution in [2.24, 2.45) is 0 Å². The summed E-state index contributed by atoms with van der Waals surface area (Å²) >= 11 is 3.63. The summed E-state index contributed by atoms with van der Waals surface area (Å²) in [6.07, 6.45) is 2.40. The van der Waals surface area contributed by atoms with Crippen molar-refractivity contribution in [2.45, 2.75) is 39.2 Å². The lowest BCUT2D eigenvalue weighted by atomic mass is 9.87. The van der Waals surface area contributed by atoms with Gasteiger partial charge in [-0.25, -0.2) is 0 Å². The van der Waals surface area contributed by atoms with E-state index in [4.69, 9.17) is 4.74 Å². The van der Waals surface area contributed by atoms with E-state index in [1.807, 2.05) is 0 Å². The summed E-state index contributed by atoms with van der Waals surface area (Å²) < 4.78 is 6.77. The third kappa shape index (κ3) is 2.11. The van der Waals surface area contributed by atoms with Crippen LogP contribution in [0.3, 0.4) is 0 Å². The first kappa shape index (κ1) is 12.9. The molecule has 0 radical (unpaired) electrons. The number of rotatable bonds is 2. The van der Waals surface area contributed by atoms with Gasteiger partial charge in [-0.05, 0) is 51.8 Å². The van der Waals surface area contributed by atoms with Crippen LogP contribution in [-0.2, 0) is 5.54 Å². The Morgan fingerprint density at radius 3 is 2.65 bits per heavy atom. The predicted molar refractivity (Wildman–Crippen MR) is 74.8 cm³/mol. The van der Waals surface area contributed by atoms with E-state index in [1.165, 1.54) is 29.5 Å². The summed E-state index contributed by atoms with van der Waals surface area (Å²) in [5.41, 5.74) is 3.81. The van der Waals surface area contributed by atoms with Crippen molar-refractivity contribution < 1.29 is 4.74 Å². The van der Waals surface area contributed by atoms with Crippen molar-refractivity contribution in [3.63, 3.8) is 0 Å². The molecule has 17 heavy (non-hydrogen) atoms. The molecule has 1 N–H and O–H groups in total. The largest absolute Gasteiger partial charge is 0.496 e. The van der Waals surface area contributed by atoms with E-state index in [1.54, 1.807) is 7.11 Å². The molecule has 2 nitrogen and oxygen atoms in total. The van der Waals surface area contributed by atoms with E-state index < -0.39 is 0 Å². The number of methoxy groups -OCH3 is 1. The van der Waals surface area contributed by atoms with Gasteiger partial charge in [-0.3, -0.25) is 0 Å². The molecule has 0 spiro atoms. The van der Waals surface area contributed by atoms with E-state index in [2.05, 4.69) is 48.1 Å². The fraction of sp³-hybridized carbons (Fsp3) is 0.571. The molecule has 0 bridgehead atoms. The maximum absolute atomic E-state index is 5.62. The van der Waals surface area contributed by atoms with Gasteiger partial charge in [-0.2, -0.15) is 0 Å². The molecular weight excluding hydrogens is 278 g/mol. The quantitative estimate of drug-likeness (QED) is 0.899. The van der Waals surface area contributed by atoms with Gasteiger partial charge in [0.1, 0.15) is 5.75 Å². The van der Waals surface area contributed by atoms with E-state index in [9.17, 15) is 0 Å². The number of ether oxygens (including phenoxy) is 1. The molecule has 0 aromatic heterocycles. The Morgan fingerprint density at radius 2 is 2.12 bits per heavy atom. The van der Waals surface area contributed by atoms with E-state index in [0.29, 0.717) is 0 Å². The van der Waals surface area contributed by atoms with E-state index in [-0.39, 0.29) is 5.54 Å². The minimum atomic E-state index is 0.0571. The van der Waals surface area contributed by atoms with Gasteiger partial charge >= 0.3 is 0 Å². The number of hydrogen-bond acceptors (Lipinski definition) is 2. The van der Waals surface area contributed by atoms with Crippen molar-refractivity contribution in [1.82, 2.24) is 5.32 Å². The Balaban J connectivity index is 2.60. The van der Waals surface area contributed by atoms with Gasteiger partial charge < -0.3 is 10.1 Å². The molecule has 3 heteroatoms. The van der Waals surface area contributed by atoms with Crippen LogP contribution in [0.15, 0.2) is 10.5 Å². The summed E-state index contributed by atoms with van der Waals surface area (Å²) in [6.45, 7) is 7.61. The molecule has 94 valence electrons. The monoisotopic (exact) mass is 297 g/mol. The molecule has 1 aliphatic heterocycles. The molecule has 1 aromatic rings. The van der Waals surface area contributed by atoms with Gasteiger partial charge in [-0.1, -0.05) is 15.9 Å². The normalized spacial score (nSPS) is 24.1. The van der Waals surface area contributed by atoms with Gasteiger partial charge in [0.05, 0.1) is 7.11 Å². The van der Waals surface area contributed by atoms with E-state index in [0.717, 1.165) is 16.8 Å². The molecule has 0 aliphatic carbocycles. The number of hydrogen-bond donors (Lipinski definition) is 1. The Morgan fingerprint density at radius 1 is 1.41 bits per heavy atom. The number of nitrogens with one attached hydrogen (secondary N) is 1. The third-order valence-electron chi connectivity index (χ3n) is 3.79. The zero-order valence-corrected chi connectivity index (χ0v) is 12.6. The highest BCUT2D eigenvalue weighted by Gasteiger charge is 2.33. The second-order valence-electron chi connectivity index (χ2n) is 5.08. The first-order valence-electron chi connectivity index (χ1n) is 6.09. The first-order valence-corrected chi connectivity index (χ1v) is 6.88. The van der Waals surface area contributed by atoms with Crippen molar-refractivity contribution in [1.29, 1.82) is 0 Å². The smallest absolute Gasteiger partial charge is 0.127 e. The van der Waals surface area contributed by atoms with Crippen molar-refractivity contribution in [3.8, 4) is 5.75 Å². The molecule has 1 heterocycles. The molecule has 1 saturated heterocycles. The van der Waals surface area contributed by atoms with Crippen LogP contribution in [0.4, 0.5) is 0 Å². The standard InChI is InChI=1S/C14H20BrNO/c1-9-8-11(14(3)6-5-7-16-14)13(17-4)10(2)12(9)15/h8,16H,5-7H2,1-4H3. The number of aryl methyl sites for hydroxylation is 1. The zero-order valence-electron chi connectivity index (χ0n) is 11.0. The summed E-state index contributed by atoms with van der Waals surface area (Å²) in [6, 6.07) is 2.24. The molecule has 1 atom stereocenters. The second kappa shape index (κ2) is 4.62. The van der Waals surface area contributed by atoms with Gasteiger partial charge in [0.15, 0.2) is 0 Å². The van der Waals surface area contributed by atoms with Crippen LogP contribution < -0.4 is 10.1 Å². The van der Waals surface area contributed by atoms with Gasteiger partial charge in [-0.15, -0.1) is 0 Å².